The number of halogens is 2. The van der Waals surface area contributed by atoms with E-state index in [4.69, 9.17) is 0 Å². The Morgan fingerprint density at radius 1 is 1.17 bits per heavy atom. The third-order valence-electron chi connectivity index (χ3n) is 3.86. The first-order valence-electron chi connectivity index (χ1n) is 6.53. The van der Waals surface area contributed by atoms with E-state index in [9.17, 15) is 4.39 Å². The van der Waals surface area contributed by atoms with Crippen LogP contribution in [0.4, 0.5) is 4.39 Å². The number of hydrogen-bond acceptors (Lipinski definition) is 0. The van der Waals surface area contributed by atoms with Crippen LogP contribution in [0.5, 0.6) is 0 Å². The molecule has 0 aromatic heterocycles. The Kier molecular flexibility index (Phi) is 4.99. The van der Waals surface area contributed by atoms with Crippen molar-refractivity contribution in [2.24, 2.45) is 11.3 Å². The summed E-state index contributed by atoms with van der Waals surface area (Å²) in [5, 5.41) is 0. The molecule has 0 amide bonds. The summed E-state index contributed by atoms with van der Waals surface area (Å²) < 4.78 is 13.6. The standard InChI is InChI=1S/C16H24BrF/c1-10-7-13(8-11(2)15(10)18)14(17)9-12(3)16(4,5)6/h7-8,12,14H,9H2,1-6H3. The van der Waals surface area contributed by atoms with Crippen molar-refractivity contribution in [3.05, 3.63) is 34.6 Å². The van der Waals surface area contributed by atoms with Crippen LogP contribution in [0, 0.1) is 31.0 Å². The molecule has 0 heterocycles. The van der Waals surface area contributed by atoms with Crippen LogP contribution in [0.25, 0.3) is 0 Å². The van der Waals surface area contributed by atoms with Crippen LogP contribution in [0.3, 0.4) is 0 Å². The zero-order valence-corrected chi connectivity index (χ0v) is 13.9. The summed E-state index contributed by atoms with van der Waals surface area (Å²) in [4.78, 5) is 0.296. The Morgan fingerprint density at radius 2 is 1.61 bits per heavy atom. The molecule has 0 bridgehead atoms. The summed E-state index contributed by atoms with van der Waals surface area (Å²) in [5.41, 5.74) is 2.95. The SMILES string of the molecule is Cc1cc(C(Br)CC(C)C(C)(C)C)cc(C)c1F. The second kappa shape index (κ2) is 5.73. The molecule has 2 unspecified atom stereocenters. The van der Waals surface area contributed by atoms with E-state index in [0.717, 1.165) is 17.5 Å². The maximum Gasteiger partial charge on any atom is 0.129 e. The van der Waals surface area contributed by atoms with Gasteiger partial charge in [-0.15, -0.1) is 0 Å². The Morgan fingerprint density at radius 3 is 2.00 bits per heavy atom. The lowest BCUT2D eigenvalue weighted by Gasteiger charge is -2.29. The molecule has 0 saturated heterocycles. The zero-order chi connectivity index (χ0) is 14.1. The highest BCUT2D eigenvalue weighted by molar-refractivity contribution is 9.09. The Bertz CT molecular complexity index is 395. The van der Waals surface area contributed by atoms with Gasteiger partial charge in [-0.3, -0.25) is 0 Å². The zero-order valence-electron chi connectivity index (χ0n) is 12.3. The molecule has 102 valence electrons. The molecule has 2 heteroatoms. The van der Waals surface area contributed by atoms with Gasteiger partial charge >= 0.3 is 0 Å². The predicted molar refractivity (Wildman–Crippen MR) is 80.8 cm³/mol. The van der Waals surface area contributed by atoms with Crippen LogP contribution < -0.4 is 0 Å². The van der Waals surface area contributed by atoms with Crippen molar-refractivity contribution in [3.8, 4) is 0 Å². The van der Waals surface area contributed by atoms with Crippen LogP contribution in [0.15, 0.2) is 12.1 Å². The molecule has 0 aliphatic heterocycles. The average Bonchev–Trinajstić information content (AvgIpc) is 2.23. The fourth-order valence-electron chi connectivity index (χ4n) is 1.96. The first kappa shape index (κ1) is 15.7. The normalized spacial score (nSPS) is 15.6. The van der Waals surface area contributed by atoms with E-state index in [1.807, 2.05) is 26.0 Å². The number of rotatable bonds is 3. The molecule has 0 spiro atoms. The molecule has 0 N–H and O–H groups in total. The Balaban J connectivity index is 2.88. The lowest BCUT2D eigenvalue weighted by Crippen LogP contribution is -2.18. The van der Waals surface area contributed by atoms with Gasteiger partial charge in [0.25, 0.3) is 0 Å². The molecule has 0 fully saturated rings. The Hall–Kier alpha value is -0.370. The lowest BCUT2D eigenvalue weighted by atomic mass is 9.79. The molecule has 0 saturated carbocycles. The predicted octanol–water partition coefficient (Wildman–Crippen LogP) is 5.95. The number of aryl methyl sites for hydroxylation is 2. The van der Waals surface area contributed by atoms with Crippen molar-refractivity contribution in [2.45, 2.75) is 52.8 Å². The quantitative estimate of drug-likeness (QED) is 0.605. The highest BCUT2D eigenvalue weighted by atomic mass is 79.9. The molecule has 1 aromatic rings. The minimum atomic E-state index is -0.0812. The molecule has 0 nitrogen and oxygen atoms in total. The maximum atomic E-state index is 13.6. The molecule has 0 aliphatic rings. The monoisotopic (exact) mass is 314 g/mol. The maximum absolute atomic E-state index is 13.6. The summed E-state index contributed by atoms with van der Waals surface area (Å²) in [5.74, 6) is 0.523. The van der Waals surface area contributed by atoms with Crippen molar-refractivity contribution in [3.63, 3.8) is 0 Å². The summed E-state index contributed by atoms with van der Waals surface area (Å²) >= 11 is 3.75. The van der Waals surface area contributed by atoms with Gasteiger partial charge in [-0.2, -0.15) is 0 Å². The van der Waals surface area contributed by atoms with Crippen LogP contribution in [-0.4, -0.2) is 0 Å². The van der Waals surface area contributed by atoms with Gasteiger partial charge in [0.1, 0.15) is 5.82 Å². The van der Waals surface area contributed by atoms with E-state index in [1.165, 1.54) is 5.56 Å². The molecule has 18 heavy (non-hydrogen) atoms. The third-order valence-corrected chi connectivity index (χ3v) is 4.76. The summed E-state index contributed by atoms with van der Waals surface area (Å²) in [7, 11) is 0. The van der Waals surface area contributed by atoms with Crippen molar-refractivity contribution in [1.82, 2.24) is 0 Å². The highest BCUT2D eigenvalue weighted by Gasteiger charge is 2.23. The molecule has 0 aliphatic carbocycles. The minimum Gasteiger partial charge on any atom is -0.206 e. The van der Waals surface area contributed by atoms with Crippen LogP contribution in [-0.2, 0) is 0 Å². The second-order valence-corrected chi connectivity index (χ2v) is 7.54. The van der Waals surface area contributed by atoms with Gasteiger partial charge in [-0.25, -0.2) is 4.39 Å². The molecule has 0 radical (unpaired) electrons. The second-order valence-electron chi connectivity index (χ2n) is 6.44. The van der Waals surface area contributed by atoms with Crippen molar-refractivity contribution in [2.75, 3.05) is 0 Å². The number of hydrogen-bond donors (Lipinski definition) is 0. The van der Waals surface area contributed by atoms with E-state index in [1.54, 1.807) is 0 Å². The van der Waals surface area contributed by atoms with E-state index in [0.29, 0.717) is 16.2 Å². The van der Waals surface area contributed by atoms with E-state index in [-0.39, 0.29) is 5.82 Å². The van der Waals surface area contributed by atoms with Gasteiger partial charge in [-0.1, -0.05) is 55.8 Å². The van der Waals surface area contributed by atoms with E-state index < -0.39 is 0 Å². The molecular weight excluding hydrogens is 291 g/mol. The average molecular weight is 315 g/mol. The molecular formula is C16H24BrF. The largest absolute Gasteiger partial charge is 0.206 e. The van der Waals surface area contributed by atoms with Crippen LogP contribution in [0.1, 0.15) is 55.6 Å². The van der Waals surface area contributed by atoms with Crippen molar-refractivity contribution >= 4 is 15.9 Å². The fraction of sp³-hybridized carbons (Fsp3) is 0.625. The topological polar surface area (TPSA) is 0 Å². The Labute approximate surface area is 119 Å². The fourth-order valence-corrected chi connectivity index (χ4v) is 2.79. The van der Waals surface area contributed by atoms with Crippen LogP contribution in [0.2, 0.25) is 0 Å². The summed E-state index contributed by atoms with van der Waals surface area (Å²) in [6.45, 7) is 12.7. The first-order chi connectivity index (χ1) is 8.12. The van der Waals surface area contributed by atoms with Gasteiger partial charge in [0, 0.05) is 4.83 Å². The highest BCUT2D eigenvalue weighted by Crippen LogP contribution is 2.38. The lowest BCUT2D eigenvalue weighted by molar-refractivity contribution is 0.246. The van der Waals surface area contributed by atoms with E-state index in [2.05, 4.69) is 43.6 Å². The van der Waals surface area contributed by atoms with Gasteiger partial charge < -0.3 is 0 Å². The summed E-state index contributed by atoms with van der Waals surface area (Å²) in [6.07, 6.45) is 1.06. The molecule has 1 aromatic carbocycles. The minimum absolute atomic E-state index is 0.0812. The smallest absolute Gasteiger partial charge is 0.129 e. The van der Waals surface area contributed by atoms with Crippen molar-refractivity contribution < 1.29 is 4.39 Å². The van der Waals surface area contributed by atoms with Gasteiger partial charge in [0.2, 0.25) is 0 Å². The first-order valence-corrected chi connectivity index (χ1v) is 7.45. The molecule has 2 atom stereocenters. The van der Waals surface area contributed by atoms with Gasteiger partial charge in [0.05, 0.1) is 0 Å². The van der Waals surface area contributed by atoms with Crippen molar-refractivity contribution in [1.29, 1.82) is 0 Å². The summed E-state index contributed by atoms with van der Waals surface area (Å²) in [6, 6.07) is 3.91. The number of benzene rings is 1. The van der Waals surface area contributed by atoms with Gasteiger partial charge in [-0.05, 0) is 48.3 Å². The third kappa shape index (κ3) is 3.81. The number of alkyl halides is 1. The van der Waals surface area contributed by atoms with Gasteiger partial charge in [0.15, 0.2) is 0 Å². The molecule has 1 rings (SSSR count). The van der Waals surface area contributed by atoms with E-state index >= 15 is 0 Å². The van der Waals surface area contributed by atoms with Crippen LogP contribution >= 0.6 is 15.9 Å².